The molecular formula is C12H10BrN3. The summed E-state index contributed by atoms with van der Waals surface area (Å²) < 4.78 is 3.00. The molecule has 0 fully saturated rings. The van der Waals surface area contributed by atoms with Gasteiger partial charge >= 0.3 is 0 Å². The summed E-state index contributed by atoms with van der Waals surface area (Å²) in [4.78, 5) is 4.57. The topological polar surface area (TPSA) is 33.1 Å². The number of imidazole rings is 1. The van der Waals surface area contributed by atoms with Crippen molar-refractivity contribution in [1.82, 2.24) is 14.6 Å². The first-order valence-corrected chi connectivity index (χ1v) is 5.83. The second kappa shape index (κ2) is 3.49. The van der Waals surface area contributed by atoms with Crippen LogP contribution in [0.4, 0.5) is 0 Å². The van der Waals surface area contributed by atoms with Crippen molar-refractivity contribution in [1.29, 1.82) is 0 Å². The third-order valence-corrected chi connectivity index (χ3v) is 3.22. The molecule has 2 heterocycles. The number of nitrogens with zero attached hydrogens (tertiary/aromatic N) is 2. The van der Waals surface area contributed by atoms with Crippen LogP contribution in [0.3, 0.4) is 0 Å². The Balaban J connectivity index is 2.19. The standard InChI is InChI=1S/C12H10BrN3/c1-8-6-12-14-11(7-16(12)15-8)9-4-2-3-5-10(9)13/h2-7,15H,1H3. The Hall–Kier alpha value is -1.55. The number of benzene rings is 1. The minimum atomic E-state index is 0.947. The number of nitrogens with one attached hydrogen (secondary N) is 1. The normalized spacial score (nSPS) is 11.1. The second-order valence-corrected chi connectivity index (χ2v) is 4.63. The van der Waals surface area contributed by atoms with E-state index in [0.717, 1.165) is 27.1 Å². The summed E-state index contributed by atoms with van der Waals surface area (Å²) in [6, 6.07) is 10.1. The molecule has 0 aliphatic rings. The van der Waals surface area contributed by atoms with Gasteiger partial charge in [-0.2, -0.15) is 0 Å². The number of aromatic nitrogens is 3. The van der Waals surface area contributed by atoms with Crippen molar-refractivity contribution >= 4 is 21.6 Å². The first kappa shape index (κ1) is 9.66. The number of fused-ring (bicyclic) bond motifs is 1. The molecule has 3 rings (SSSR count). The van der Waals surface area contributed by atoms with Gasteiger partial charge < -0.3 is 0 Å². The van der Waals surface area contributed by atoms with E-state index >= 15 is 0 Å². The molecular weight excluding hydrogens is 266 g/mol. The number of hydrogen-bond acceptors (Lipinski definition) is 1. The van der Waals surface area contributed by atoms with E-state index in [1.54, 1.807) is 0 Å². The molecule has 80 valence electrons. The Kier molecular flexibility index (Phi) is 2.11. The highest BCUT2D eigenvalue weighted by Crippen LogP contribution is 2.27. The van der Waals surface area contributed by atoms with Crippen LogP contribution in [0, 0.1) is 6.92 Å². The van der Waals surface area contributed by atoms with Crippen molar-refractivity contribution in [3.8, 4) is 11.3 Å². The Morgan fingerprint density at radius 3 is 2.88 bits per heavy atom. The monoisotopic (exact) mass is 275 g/mol. The van der Waals surface area contributed by atoms with Crippen LogP contribution in [-0.4, -0.2) is 14.6 Å². The predicted octanol–water partition coefficient (Wildman–Crippen LogP) is 3.40. The van der Waals surface area contributed by atoms with Crippen molar-refractivity contribution in [2.75, 3.05) is 0 Å². The van der Waals surface area contributed by atoms with Gasteiger partial charge in [-0.05, 0) is 13.0 Å². The van der Waals surface area contributed by atoms with Gasteiger partial charge in [-0.15, -0.1) is 0 Å². The molecule has 0 amide bonds. The lowest BCUT2D eigenvalue weighted by molar-refractivity contribution is 0.945. The number of aromatic amines is 1. The van der Waals surface area contributed by atoms with Gasteiger partial charge in [0.2, 0.25) is 0 Å². The van der Waals surface area contributed by atoms with Crippen molar-refractivity contribution in [2.45, 2.75) is 6.92 Å². The van der Waals surface area contributed by atoms with Gasteiger partial charge in [0.1, 0.15) is 0 Å². The summed E-state index contributed by atoms with van der Waals surface area (Å²) in [7, 11) is 0. The zero-order valence-electron chi connectivity index (χ0n) is 8.74. The molecule has 1 aromatic carbocycles. The fourth-order valence-electron chi connectivity index (χ4n) is 1.80. The molecule has 4 heteroatoms. The molecule has 2 aromatic heterocycles. The predicted molar refractivity (Wildman–Crippen MR) is 67.4 cm³/mol. The fourth-order valence-corrected chi connectivity index (χ4v) is 2.29. The summed E-state index contributed by atoms with van der Waals surface area (Å²) in [5.74, 6) is 0. The second-order valence-electron chi connectivity index (χ2n) is 3.77. The number of hydrogen-bond donors (Lipinski definition) is 1. The van der Waals surface area contributed by atoms with Gasteiger partial charge in [0.15, 0.2) is 5.65 Å². The summed E-state index contributed by atoms with van der Waals surface area (Å²) in [6.07, 6.45) is 2.00. The van der Waals surface area contributed by atoms with E-state index in [1.165, 1.54) is 0 Å². The molecule has 0 bridgehead atoms. The first-order valence-electron chi connectivity index (χ1n) is 5.03. The lowest BCUT2D eigenvalue weighted by Crippen LogP contribution is -1.81. The highest BCUT2D eigenvalue weighted by atomic mass is 79.9. The van der Waals surface area contributed by atoms with Crippen molar-refractivity contribution < 1.29 is 0 Å². The van der Waals surface area contributed by atoms with Gasteiger partial charge in [-0.25, -0.2) is 9.50 Å². The molecule has 0 unspecified atom stereocenters. The van der Waals surface area contributed by atoms with Crippen LogP contribution in [0.2, 0.25) is 0 Å². The lowest BCUT2D eigenvalue weighted by atomic mass is 10.2. The van der Waals surface area contributed by atoms with Gasteiger partial charge in [0.25, 0.3) is 0 Å². The van der Waals surface area contributed by atoms with Gasteiger partial charge in [0.05, 0.1) is 11.9 Å². The number of aryl methyl sites for hydroxylation is 1. The van der Waals surface area contributed by atoms with Gasteiger partial charge in [0, 0.05) is 21.8 Å². The average Bonchev–Trinajstić information content (AvgIpc) is 2.75. The Bertz CT molecular complexity index is 620. The first-order chi connectivity index (χ1) is 7.74. The van der Waals surface area contributed by atoms with E-state index in [0.29, 0.717) is 0 Å². The molecule has 0 aliphatic carbocycles. The molecule has 16 heavy (non-hydrogen) atoms. The van der Waals surface area contributed by atoms with E-state index < -0.39 is 0 Å². The zero-order valence-corrected chi connectivity index (χ0v) is 10.3. The molecule has 1 N–H and O–H groups in total. The number of rotatable bonds is 1. The van der Waals surface area contributed by atoms with Crippen LogP contribution < -0.4 is 0 Å². The Morgan fingerprint density at radius 1 is 1.31 bits per heavy atom. The fraction of sp³-hybridized carbons (Fsp3) is 0.0833. The molecule has 0 aliphatic heterocycles. The zero-order chi connectivity index (χ0) is 11.1. The molecule has 0 saturated carbocycles. The molecule has 0 saturated heterocycles. The van der Waals surface area contributed by atoms with E-state index in [1.807, 2.05) is 41.9 Å². The lowest BCUT2D eigenvalue weighted by Gasteiger charge is -1.98. The molecule has 0 radical (unpaired) electrons. The largest absolute Gasteiger partial charge is 0.297 e. The van der Waals surface area contributed by atoms with Crippen LogP contribution in [-0.2, 0) is 0 Å². The van der Waals surface area contributed by atoms with E-state index in [-0.39, 0.29) is 0 Å². The van der Waals surface area contributed by atoms with Crippen molar-refractivity contribution in [3.05, 3.63) is 46.7 Å². The highest BCUT2D eigenvalue weighted by molar-refractivity contribution is 9.10. The van der Waals surface area contributed by atoms with Crippen molar-refractivity contribution in [2.24, 2.45) is 0 Å². The van der Waals surface area contributed by atoms with E-state index in [4.69, 9.17) is 0 Å². The van der Waals surface area contributed by atoms with Crippen LogP contribution in [0.25, 0.3) is 16.9 Å². The maximum Gasteiger partial charge on any atom is 0.153 e. The summed E-state index contributed by atoms with van der Waals surface area (Å²) in [5, 5.41) is 3.21. The van der Waals surface area contributed by atoms with Gasteiger partial charge in [-0.1, -0.05) is 34.1 Å². The smallest absolute Gasteiger partial charge is 0.153 e. The maximum absolute atomic E-state index is 4.57. The number of H-pyrrole nitrogens is 1. The molecule has 0 spiro atoms. The maximum atomic E-state index is 4.57. The minimum Gasteiger partial charge on any atom is -0.297 e. The van der Waals surface area contributed by atoms with Crippen LogP contribution >= 0.6 is 15.9 Å². The quantitative estimate of drug-likeness (QED) is 0.726. The van der Waals surface area contributed by atoms with Crippen LogP contribution in [0.1, 0.15) is 5.69 Å². The third kappa shape index (κ3) is 1.46. The minimum absolute atomic E-state index is 0.947. The molecule has 3 nitrogen and oxygen atoms in total. The van der Waals surface area contributed by atoms with E-state index in [2.05, 4.69) is 32.1 Å². The molecule has 0 atom stereocenters. The summed E-state index contributed by atoms with van der Waals surface area (Å²) >= 11 is 3.53. The Labute approximate surface area is 101 Å². The van der Waals surface area contributed by atoms with Gasteiger partial charge in [-0.3, -0.25) is 5.10 Å². The highest BCUT2D eigenvalue weighted by Gasteiger charge is 2.08. The van der Waals surface area contributed by atoms with Crippen LogP contribution in [0.5, 0.6) is 0 Å². The third-order valence-electron chi connectivity index (χ3n) is 2.53. The molecule has 3 aromatic rings. The number of halogens is 1. The summed E-state index contributed by atoms with van der Waals surface area (Å²) in [5.41, 5.74) is 4.14. The van der Waals surface area contributed by atoms with E-state index in [9.17, 15) is 0 Å². The van der Waals surface area contributed by atoms with Crippen LogP contribution in [0.15, 0.2) is 41.0 Å². The summed E-state index contributed by atoms with van der Waals surface area (Å²) in [6.45, 7) is 2.02. The SMILES string of the molecule is Cc1cc2nc(-c3ccccc3Br)cn2[nH]1. The Morgan fingerprint density at radius 2 is 2.12 bits per heavy atom. The average molecular weight is 276 g/mol. The van der Waals surface area contributed by atoms with Crippen molar-refractivity contribution in [3.63, 3.8) is 0 Å².